The highest BCUT2D eigenvalue weighted by atomic mass is 35.5. The van der Waals surface area contributed by atoms with Crippen molar-refractivity contribution in [2.45, 2.75) is 32.0 Å². The van der Waals surface area contributed by atoms with Gasteiger partial charge in [0.15, 0.2) is 5.16 Å². The Hall–Kier alpha value is -3.10. The molecule has 0 fully saturated rings. The molecule has 0 aliphatic rings. The molecule has 1 amide bonds. The van der Waals surface area contributed by atoms with Crippen molar-refractivity contribution in [3.05, 3.63) is 75.7 Å². The van der Waals surface area contributed by atoms with Gasteiger partial charge in [-0.2, -0.15) is 5.10 Å². The van der Waals surface area contributed by atoms with Gasteiger partial charge in [0.2, 0.25) is 5.91 Å². The van der Waals surface area contributed by atoms with Crippen LogP contribution in [0.5, 0.6) is 0 Å². The summed E-state index contributed by atoms with van der Waals surface area (Å²) < 4.78 is 3.30. The monoisotopic (exact) mass is 467 g/mol. The summed E-state index contributed by atoms with van der Waals surface area (Å²) in [6.07, 6.45) is 0. The number of carbonyl (C=O) groups excluding carboxylic acids is 1. The molecule has 2 heterocycles. The minimum Gasteiger partial charge on any atom is -0.310 e. The van der Waals surface area contributed by atoms with E-state index < -0.39 is 0 Å². The number of rotatable bonds is 6. The van der Waals surface area contributed by atoms with Crippen LogP contribution < -0.4 is 10.9 Å². The third kappa shape index (κ3) is 4.56. The zero-order valence-corrected chi connectivity index (χ0v) is 19.4. The molecule has 4 aromatic rings. The number of halogens is 1. The second kappa shape index (κ2) is 9.18. The molecule has 0 spiro atoms. The number of aryl methyl sites for hydroxylation is 1. The van der Waals surface area contributed by atoms with E-state index in [-0.39, 0.29) is 23.3 Å². The van der Waals surface area contributed by atoms with Gasteiger partial charge in [0.1, 0.15) is 5.82 Å². The van der Waals surface area contributed by atoms with Crippen LogP contribution in [0.25, 0.3) is 16.6 Å². The number of para-hydroxylation sites is 1. The number of nitrogens with zero attached hydrogens (tertiary/aromatic N) is 4. The average Bonchev–Trinajstić information content (AvgIpc) is 3.12. The Morgan fingerprint density at radius 1 is 1.16 bits per heavy atom. The highest BCUT2D eigenvalue weighted by Crippen LogP contribution is 2.23. The lowest BCUT2D eigenvalue weighted by atomic mass is 10.2. The van der Waals surface area contributed by atoms with Crippen LogP contribution in [0.4, 0.5) is 5.82 Å². The molecule has 0 aliphatic carbocycles. The molecular weight excluding hydrogens is 446 g/mol. The van der Waals surface area contributed by atoms with Crippen molar-refractivity contribution < 1.29 is 4.79 Å². The average molecular weight is 468 g/mol. The lowest BCUT2D eigenvalue weighted by Crippen LogP contribution is -2.26. The van der Waals surface area contributed by atoms with Crippen molar-refractivity contribution in [3.63, 3.8) is 0 Å². The van der Waals surface area contributed by atoms with Gasteiger partial charge in [-0.05, 0) is 51.1 Å². The molecule has 0 saturated heterocycles. The van der Waals surface area contributed by atoms with E-state index in [2.05, 4.69) is 15.4 Å². The Morgan fingerprint density at radius 3 is 2.62 bits per heavy atom. The van der Waals surface area contributed by atoms with Crippen molar-refractivity contribution in [3.8, 4) is 5.69 Å². The first-order valence-corrected chi connectivity index (χ1v) is 11.5. The number of nitrogens with one attached hydrogen (secondary N) is 1. The summed E-state index contributed by atoms with van der Waals surface area (Å²) in [5.74, 6) is 0.450. The first-order chi connectivity index (χ1) is 15.3. The van der Waals surface area contributed by atoms with Crippen molar-refractivity contribution in [1.29, 1.82) is 0 Å². The second-order valence-corrected chi connectivity index (χ2v) is 8.96. The topological polar surface area (TPSA) is 81.8 Å². The SMILES string of the molecule is Cc1cc(NC(=O)CSc2nc3cc(Cl)ccc3c(=O)n2C(C)C)n(-c2ccccc2)n1. The normalized spacial score (nSPS) is 11.3. The fourth-order valence-electron chi connectivity index (χ4n) is 3.37. The van der Waals surface area contributed by atoms with Crippen molar-refractivity contribution in [2.24, 2.45) is 0 Å². The maximum Gasteiger partial charge on any atom is 0.262 e. The summed E-state index contributed by atoms with van der Waals surface area (Å²) in [7, 11) is 0. The fourth-order valence-corrected chi connectivity index (χ4v) is 4.47. The largest absolute Gasteiger partial charge is 0.310 e. The lowest BCUT2D eigenvalue weighted by Gasteiger charge is -2.16. The summed E-state index contributed by atoms with van der Waals surface area (Å²) in [6.45, 7) is 5.70. The summed E-state index contributed by atoms with van der Waals surface area (Å²) in [5, 5.41) is 8.86. The Balaban J connectivity index is 1.58. The Morgan fingerprint density at radius 2 is 1.91 bits per heavy atom. The van der Waals surface area contributed by atoms with Gasteiger partial charge in [0.25, 0.3) is 5.56 Å². The van der Waals surface area contributed by atoms with Gasteiger partial charge in [-0.3, -0.25) is 14.2 Å². The molecule has 7 nitrogen and oxygen atoms in total. The van der Waals surface area contributed by atoms with E-state index in [1.165, 1.54) is 11.8 Å². The summed E-state index contributed by atoms with van der Waals surface area (Å²) in [4.78, 5) is 30.4. The van der Waals surface area contributed by atoms with Crippen LogP contribution in [0.1, 0.15) is 25.6 Å². The molecule has 9 heteroatoms. The predicted molar refractivity (Wildman–Crippen MR) is 129 cm³/mol. The van der Waals surface area contributed by atoms with Crippen molar-refractivity contribution >= 4 is 46.0 Å². The predicted octanol–water partition coefficient (Wildman–Crippen LogP) is 4.86. The first kappa shape index (κ1) is 22.1. The van der Waals surface area contributed by atoms with Gasteiger partial charge in [0.05, 0.1) is 28.0 Å². The second-order valence-electron chi connectivity index (χ2n) is 7.58. The number of carbonyl (C=O) groups is 1. The molecule has 4 rings (SSSR count). The van der Waals surface area contributed by atoms with Crippen LogP contribution in [0, 0.1) is 6.92 Å². The number of anilines is 1. The number of aromatic nitrogens is 4. The van der Waals surface area contributed by atoms with E-state index in [1.54, 1.807) is 27.4 Å². The molecule has 164 valence electrons. The number of hydrogen-bond acceptors (Lipinski definition) is 5. The van der Waals surface area contributed by atoms with E-state index in [0.29, 0.717) is 26.9 Å². The number of benzene rings is 2. The van der Waals surface area contributed by atoms with Gasteiger partial charge in [-0.25, -0.2) is 9.67 Å². The van der Waals surface area contributed by atoms with E-state index in [4.69, 9.17) is 11.6 Å². The fraction of sp³-hybridized carbons (Fsp3) is 0.217. The third-order valence-electron chi connectivity index (χ3n) is 4.78. The molecule has 2 aromatic heterocycles. The van der Waals surface area contributed by atoms with Gasteiger partial charge < -0.3 is 5.32 Å². The van der Waals surface area contributed by atoms with Crippen molar-refractivity contribution in [1.82, 2.24) is 19.3 Å². The maximum atomic E-state index is 13.0. The smallest absolute Gasteiger partial charge is 0.262 e. The van der Waals surface area contributed by atoms with Crippen LogP contribution in [0.3, 0.4) is 0 Å². The van der Waals surface area contributed by atoms with Gasteiger partial charge >= 0.3 is 0 Å². The summed E-state index contributed by atoms with van der Waals surface area (Å²) in [5.41, 5.74) is 2.01. The minimum absolute atomic E-state index is 0.0875. The van der Waals surface area contributed by atoms with Gasteiger partial charge in [0, 0.05) is 17.1 Å². The summed E-state index contributed by atoms with van der Waals surface area (Å²) >= 11 is 7.30. The number of amides is 1. The van der Waals surface area contributed by atoms with E-state index in [9.17, 15) is 9.59 Å². The minimum atomic E-state index is -0.220. The Bertz CT molecular complexity index is 1350. The lowest BCUT2D eigenvalue weighted by molar-refractivity contribution is -0.113. The quantitative estimate of drug-likeness (QED) is 0.323. The van der Waals surface area contributed by atoms with Crippen LogP contribution in [0.2, 0.25) is 5.02 Å². The standard InChI is InChI=1S/C23H22ClN5O2S/c1-14(2)28-22(31)18-10-9-16(24)12-19(18)25-23(28)32-13-21(30)26-20-11-15(3)27-29(20)17-7-5-4-6-8-17/h4-12,14H,13H2,1-3H3,(H,26,30). The molecule has 0 radical (unpaired) electrons. The van der Waals surface area contributed by atoms with Gasteiger partial charge in [-0.15, -0.1) is 0 Å². The number of hydrogen-bond donors (Lipinski definition) is 1. The third-order valence-corrected chi connectivity index (χ3v) is 5.97. The van der Waals surface area contributed by atoms with Crippen molar-refractivity contribution in [2.75, 3.05) is 11.1 Å². The molecule has 0 unspecified atom stereocenters. The molecule has 2 aromatic carbocycles. The van der Waals surface area contributed by atoms with E-state index in [1.807, 2.05) is 57.2 Å². The first-order valence-electron chi connectivity index (χ1n) is 10.1. The molecular formula is C23H22ClN5O2S. The molecule has 0 atom stereocenters. The molecule has 32 heavy (non-hydrogen) atoms. The van der Waals surface area contributed by atoms with Crippen LogP contribution in [-0.4, -0.2) is 31.0 Å². The van der Waals surface area contributed by atoms with E-state index >= 15 is 0 Å². The number of fused-ring (bicyclic) bond motifs is 1. The van der Waals surface area contributed by atoms with E-state index in [0.717, 1.165) is 11.4 Å². The Labute approximate surface area is 194 Å². The molecule has 0 saturated carbocycles. The van der Waals surface area contributed by atoms with Gasteiger partial charge in [-0.1, -0.05) is 41.6 Å². The van der Waals surface area contributed by atoms with Crippen LogP contribution >= 0.6 is 23.4 Å². The zero-order valence-electron chi connectivity index (χ0n) is 17.9. The van der Waals surface area contributed by atoms with Crippen LogP contribution in [-0.2, 0) is 4.79 Å². The molecule has 1 N–H and O–H groups in total. The Kier molecular flexibility index (Phi) is 6.34. The number of thioether (sulfide) groups is 1. The molecule has 0 bridgehead atoms. The summed E-state index contributed by atoms with van der Waals surface area (Å²) in [6, 6.07) is 16.3. The van der Waals surface area contributed by atoms with Crippen LogP contribution in [0.15, 0.2) is 64.5 Å². The highest BCUT2D eigenvalue weighted by molar-refractivity contribution is 7.99. The zero-order chi connectivity index (χ0) is 22.8. The maximum absolute atomic E-state index is 13.0. The molecule has 0 aliphatic heterocycles. The highest BCUT2D eigenvalue weighted by Gasteiger charge is 2.17.